The lowest BCUT2D eigenvalue weighted by Gasteiger charge is -2.15. The van der Waals surface area contributed by atoms with Gasteiger partial charge in [0.15, 0.2) is 0 Å². The fourth-order valence-corrected chi connectivity index (χ4v) is 1.98. The molecule has 0 saturated heterocycles. The Hall–Kier alpha value is -0.740. The average Bonchev–Trinajstić information content (AvgIpc) is 2.99. The minimum Gasteiger partial charge on any atom is -0.373 e. The third kappa shape index (κ3) is 2.11. The average molecular weight is 224 g/mol. The number of aromatic amines is 1. The molecule has 1 aromatic rings. The van der Waals surface area contributed by atoms with E-state index in [1.54, 1.807) is 7.11 Å². The van der Waals surface area contributed by atoms with Gasteiger partial charge in [0.1, 0.15) is 16.6 Å². The van der Waals surface area contributed by atoms with Gasteiger partial charge >= 0.3 is 0 Å². The van der Waals surface area contributed by atoms with Crippen LogP contribution in [0.2, 0.25) is 0 Å². The zero-order valence-corrected chi connectivity index (χ0v) is 10.1. The first-order valence-corrected chi connectivity index (χ1v) is 5.64. The van der Waals surface area contributed by atoms with E-state index in [4.69, 9.17) is 17.0 Å². The van der Waals surface area contributed by atoms with E-state index in [0.717, 1.165) is 17.1 Å². The van der Waals surface area contributed by atoms with E-state index < -0.39 is 0 Å². The van der Waals surface area contributed by atoms with E-state index in [-0.39, 0.29) is 6.10 Å². The monoisotopic (exact) mass is 224 g/mol. The summed E-state index contributed by atoms with van der Waals surface area (Å²) in [6.45, 7) is 4.01. The molecule has 4 heteroatoms. The summed E-state index contributed by atoms with van der Waals surface area (Å²) in [5, 5.41) is 0. The first-order valence-electron chi connectivity index (χ1n) is 5.23. The van der Waals surface area contributed by atoms with E-state index in [1.807, 2.05) is 13.8 Å². The van der Waals surface area contributed by atoms with Crippen LogP contribution in [-0.4, -0.2) is 17.1 Å². The number of aryl methyl sites for hydroxylation is 1. The molecule has 0 radical (unpaired) electrons. The van der Waals surface area contributed by atoms with Gasteiger partial charge in [-0.1, -0.05) is 12.2 Å². The Morgan fingerprint density at radius 1 is 1.47 bits per heavy atom. The van der Waals surface area contributed by atoms with Crippen LogP contribution in [0.1, 0.15) is 36.0 Å². The summed E-state index contributed by atoms with van der Waals surface area (Å²) < 4.78 is 6.15. The largest absolute Gasteiger partial charge is 0.373 e. The first kappa shape index (κ1) is 10.8. The van der Waals surface area contributed by atoms with E-state index in [2.05, 4.69) is 9.97 Å². The topological polar surface area (TPSA) is 37.9 Å². The van der Waals surface area contributed by atoms with Gasteiger partial charge in [-0.25, -0.2) is 4.98 Å². The van der Waals surface area contributed by atoms with Crippen LogP contribution in [0.5, 0.6) is 0 Å². The molecule has 2 rings (SSSR count). The van der Waals surface area contributed by atoms with Gasteiger partial charge in [-0.05, 0) is 32.6 Å². The number of hydrogen-bond donors (Lipinski definition) is 1. The zero-order chi connectivity index (χ0) is 11.0. The lowest BCUT2D eigenvalue weighted by molar-refractivity contribution is 0.0769. The first-order chi connectivity index (χ1) is 7.13. The lowest BCUT2D eigenvalue weighted by atomic mass is 10.2. The molecule has 0 spiro atoms. The molecule has 1 fully saturated rings. The maximum atomic E-state index is 5.47. The van der Waals surface area contributed by atoms with Crippen molar-refractivity contribution < 1.29 is 4.74 Å². The van der Waals surface area contributed by atoms with Gasteiger partial charge in [-0.15, -0.1) is 0 Å². The second kappa shape index (κ2) is 4.02. The second-order valence-corrected chi connectivity index (χ2v) is 4.56. The zero-order valence-electron chi connectivity index (χ0n) is 9.33. The number of nitrogens with one attached hydrogen (secondary N) is 1. The maximum absolute atomic E-state index is 5.47. The van der Waals surface area contributed by atoms with Crippen LogP contribution in [-0.2, 0) is 4.74 Å². The predicted octanol–water partition coefficient (Wildman–Crippen LogP) is 2.85. The molecule has 15 heavy (non-hydrogen) atoms. The molecule has 0 bridgehead atoms. The normalized spacial score (nSPS) is 17.8. The summed E-state index contributed by atoms with van der Waals surface area (Å²) in [6, 6.07) is 0. The van der Waals surface area contributed by atoms with Gasteiger partial charge in [0.05, 0.1) is 0 Å². The Morgan fingerprint density at radius 2 is 2.13 bits per heavy atom. The Balaban J connectivity index is 2.39. The molecular formula is C11H16N2OS. The van der Waals surface area contributed by atoms with Crippen LogP contribution in [0.25, 0.3) is 0 Å². The number of hydrogen-bond acceptors (Lipinski definition) is 3. The number of H-pyrrole nitrogens is 1. The quantitative estimate of drug-likeness (QED) is 0.802. The van der Waals surface area contributed by atoms with Crippen molar-refractivity contribution >= 4 is 12.2 Å². The third-order valence-electron chi connectivity index (χ3n) is 2.99. The molecule has 1 atom stereocenters. The van der Waals surface area contributed by atoms with Crippen LogP contribution in [0.3, 0.4) is 0 Å². The number of rotatable bonds is 3. The van der Waals surface area contributed by atoms with Gasteiger partial charge in [-0.3, -0.25) is 0 Å². The van der Waals surface area contributed by atoms with E-state index in [9.17, 15) is 0 Å². The Morgan fingerprint density at radius 3 is 2.60 bits per heavy atom. The van der Waals surface area contributed by atoms with Crippen molar-refractivity contribution in [2.45, 2.75) is 32.8 Å². The van der Waals surface area contributed by atoms with E-state index in [0.29, 0.717) is 10.6 Å². The van der Waals surface area contributed by atoms with Crippen molar-refractivity contribution in [2.24, 2.45) is 5.92 Å². The number of nitrogens with zero attached hydrogens (tertiary/aromatic N) is 1. The Kier molecular flexibility index (Phi) is 2.89. The van der Waals surface area contributed by atoms with Crippen molar-refractivity contribution in [3.8, 4) is 0 Å². The van der Waals surface area contributed by atoms with Crippen molar-refractivity contribution in [2.75, 3.05) is 7.11 Å². The summed E-state index contributed by atoms with van der Waals surface area (Å²) in [6.07, 6.45) is 2.55. The molecule has 1 aliphatic rings. The molecule has 82 valence electrons. The van der Waals surface area contributed by atoms with Gasteiger partial charge in [-0.2, -0.15) is 0 Å². The molecule has 0 aliphatic heterocycles. The Bertz CT molecular complexity index is 423. The third-order valence-corrected chi connectivity index (χ3v) is 3.39. The fourth-order valence-electron chi connectivity index (χ4n) is 1.73. The minimum absolute atomic E-state index is 0.0889. The molecule has 1 N–H and O–H groups in total. The van der Waals surface area contributed by atoms with Gasteiger partial charge in [0, 0.05) is 18.4 Å². The van der Waals surface area contributed by atoms with Crippen LogP contribution >= 0.6 is 12.2 Å². The highest BCUT2D eigenvalue weighted by Crippen LogP contribution is 2.41. The summed E-state index contributed by atoms with van der Waals surface area (Å²) in [4.78, 5) is 7.69. The molecule has 1 heterocycles. The van der Waals surface area contributed by atoms with Gasteiger partial charge in [0.2, 0.25) is 0 Å². The van der Waals surface area contributed by atoms with Crippen molar-refractivity contribution in [1.82, 2.24) is 9.97 Å². The standard InChI is InChI=1S/C11H16N2OS/c1-6-7(2)12-10(13-11(6)15)9(14-3)8-4-5-8/h8-9H,4-5H2,1-3H3,(H,12,13,15). The second-order valence-electron chi connectivity index (χ2n) is 4.17. The summed E-state index contributed by atoms with van der Waals surface area (Å²) in [5.74, 6) is 1.50. The molecule has 0 aromatic carbocycles. The van der Waals surface area contributed by atoms with Gasteiger partial charge < -0.3 is 9.72 Å². The maximum Gasteiger partial charge on any atom is 0.137 e. The van der Waals surface area contributed by atoms with Gasteiger partial charge in [0.25, 0.3) is 0 Å². The van der Waals surface area contributed by atoms with Crippen LogP contribution in [0, 0.1) is 24.4 Å². The highest BCUT2D eigenvalue weighted by Gasteiger charge is 2.34. The van der Waals surface area contributed by atoms with Crippen molar-refractivity contribution in [3.63, 3.8) is 0 Å². The molecule has 3 nitrogen and oxygen atoms in total. The molecule has 0 amide bonds. The highest BCUT2D eigenvalue weighted by atomic mass is 32.1. The van der Waals surface area contributed by atoms with Crippen molar-refractivity contribution in [3.05, 3.63) is 21.7 Å². The fraction of sp³-hybridized carbons (Fsp3) is 0.636. The predicted molar refractivity (Wildman–Crippen MR) is 61.4 cm³/mol. The molecule has 1 saturated carbocycles. The van der Waals surface area contributed by atoms with Crippen LogP contribution in [0.4, 0.5) is 0 Å². The number of methoxy groups -OCH3 is 1. The highest BCUT2D eigenvalue weighted by molar-refractivity contribution is 7.71. The lowest BCUT2D eigenvalue weighted by Crippen LogP contribution is -2.10. The SMILES string of the molecule is COC(c1nc(=S)c(C)c(C)[nH]1)C1CC1. The smallest absolute Gasteiger partial charge is 0.137 e. The molecule has 1 aliphatic carbocycles. The molecule has 1 unspecified atom stereocenters. The van der Waals surface area contributed by atoms with Crippen LogP contribution in [0.15, 0.2) is 0 Å². The number of aromatic nitrogens is 2. The molecular weight excluding hydrogens is 208 g/mol. The van der Waals surface area contributed by atoms with Crippen LogP contribution < -0.4 is 0 Å². The summed E-state index contributed by atoms with van der Waals surface area (Å²) in [7, 11) is 1.73. The summed E-state index contributed by atoms with van der Waals surface area (Å²) >= 11 is 5.22. The van der Waals surface area contributed by atoms with E-state index >= 15 is 0 Å². The number of ether oxygens (including phenoxy) is 1. The minimum atomic E-state index is 0.0889. The Labute approximate surface area is 94.9 Å². The van der Waals surface area contributed by atoms with Crippen molar-refractivity contribution in [1.29, 1.82) is 0 Å². The van der Waals surface area contributed by atoms with E-state index in [1.165, 1.54) is 12.8 Å². The summed E-state index contributed by atoms with van der Waals surface area (Å²) in [5.41, 5.74) is 2.15. The molecule has 1 aromatic heterocycles.